The average Bonchev–Trinajstić information content (AvgIpc) is 2.97. The normalized spacial score (nSPS) is 19.6. The van der Waals surface area contributed by atoms with Gasteiger partial charge in [-0.1, -0.05) is 11.2 Å². The lowest BCUT2D eigenvalue weighted by Crippen LogP contribution is -2.15. The van der Waals surface area contributed by atoms with Gasteiger partial charge in [0.25, 0.3) is 0 Å². The summed E-state index contributed by atoms with van der Waals surface area (Å²) in [6.45, 7) is 1.90. The largest absolute Gasteiger partial charge is 0.496 e. The lowest BCUT2D eigenvalue weighted by molar-refractivity contribution is 0.0317. The van der Waals surface area contributed by atoms with E-state index in [0.717, 1.165) is 18.6 Å². The third-order valence-electron chi connectivity index (χ3n) is 3.02. The molecule has 1 heterocycles. The number of methoxy groups -OCH3 is 1. The van der Waals surface area contributed by atoms with Crippen LogP contribution in [0.2, 0.25) is 0 Å². The van der Waals surface area contributed by atoms with E-state index < -0.39 is 0 Å². The minimum absolute atomic E-state index is 0.0218. The van der Waals surface area contributed by atoms with E-state index in [9.17, 15) is 0 Å². The second-order valence-corrected chi connectivity index (χ2v) is 4.32. The van der Waals surface area contributed by atoms with E-state index in [1.165, 1.54) is 0 Å². The number of hydrogen-bond donors (Lipinski definition) is 2. The van der Waals surface area contributed by atoms with E-state index in [4.69, 9.17) is 25.2 Å². The molecule has 104 valence electrons. The number of nitrogens with zero attached hydrogens (tertiary/aromatic N) is 1. The SMILES string of the molecule is COc1cc(COC2CCOC2)ccc1/C(N)=N/O. The van der Waals surface area contributed by atoms with Crippen LogP contribution in [0, 0.1) is 0 Å². The Hall–Kier alpha value is -1.79. The van der Waals surface area contributed by atoms with Gasteiger partial charge in [0, 0.05) is 6.61 Å². The van der Waals surface area contributed by atoms with E-state index >= 15 is 0 Å². The molecule has 19 heavy (non-hydrogen) atoms. The number of benzene rings is 1. The van der Waals surface area contributed by atoms with E-state index in [1.807, 2.05) is 12.1 Å². The molecule has 0 saturated carbocycles. The number of nitrogens with two attached hydrogens (primary N) is 1. The highest BCUT2D eigenvalue weighted by molar-refractivity contribution is 5.99. The fourth-order valence-electron chi connectivity index (χ4n) is 1.95. The number of rotatable bonds is 5. The summed E-state index contributed by atoms with van der Waals surface area (Å²) in [7, 11) is 1.54. The predicted octanol–water partition coefficient (Wildman–Crippen LogP) is 1.10. The van der Waals surface area contributed by atoms with Crippen molar-refractivity contribution in [1.82, 2.24) is 0 Å². The lowest BCUT2D eigenvalue weighted by Gasteiger charge is -2.12. The lowest BCUT2D eigenvalue weighted by atomic mass is 10.1. The zero-order chi connectivity index (χ0) is 13.7. The van der Waals surface area contributed by atoms with Gasteiger partial charge in [0.15, 0.2) is 5.84 Å². The number of amidine groups is 1. The van der Waals surface area contributed by atoms with E-state index in [0.29, 0.717) is 24.5 Å². The summed E-state index contributed by atoms with van der Waals surface area (Å²) in [6, 6.07) is 5.44. The van der Waals surface area contributed by atoms with Gasteiger partial charge in [0.05, 0.1) is 32.0 Å². The first-order valence-electron chi connectivity index (χ1n) is 6.08. The fourth-order valence-corrected chi connectivity index (χ4v) is 1.95. The first-order chi connectivity index (χ1) is 9.24. The maximum atomic E-state index is 8.69. The van der Waals surface area contributed by atoms with Crippen molar-refractivity contribution in [2.24, 2.45) is 10.9 Å². The van der Waals surface area contributed by atoms with Crippen LogP contribution in [0.4, 0.5) is 0 Å². The van der Waals surface area contributed by atoms with Gasteiger partial charge in [-0.25, -0.2) is 0 Å². The van der Waals surface area contributed by atoms with Crippen molar-refractivity contribution in [2.45, 2.75) is 19.1 Å². The zero-order valence-corrected chi connectivity index (χ0v) is 10.8. The van der Waals surface area contributed by atoms with Gasteiger partial charge in [-0.2, -0.15) is 0 Å². The summed E-state index contributed by atoms with van der Waals surface area (Å²) in [4.78, 5) is 0. The Balaban J connectivity index is 2.05. The van der Waals surface area contributed by atoms with Gasteiger partial charge >= 0.3 is 0 Å². The van der Waals surface area contributed by atoms with Gasteiger partial charge in [-0.15, -0.1) is 0 Å². The Bertz CT molecular complexity index is 456. The molecule has 2 rings (SSSR count). The van der Waals surface area contributed by atoms with Crippen LogP contribution >= 0.6 is 0 Å². The van der Waals surface area contributed by atoms with Crippen LogP contribution in [0.3, 0.4) is 0 Å². The van der Waals surface area contributed by atoms with Crippen LogP contribution in [-0.2, 0) is 16.1 Å². The highest BCUT2D eigenvalue weighted by Crippen LogP contribution is 2.21. The molecule has 1 aliphatic heterocycles. The molecule has 1 aromatic rings. The Kier molecular flexibility index (Phi) is 4.59. The molecule has 0 spiro atoms. The van der Waals surface area contributed by atoms with Crippen molar-refractivity contribution in [3.8, 4) is 5.75 Å². The second kappa shape index (κ2) is 6.40. The molecular formula is C13H18N2O4. The van der Waals surface area contributed by atoms with Gasteiger partial charge in [-0.05, 0) is 24.1 Å². The third-order valence-corrected chi connectivity index (χ3v) is 3.02. The summed E-state index contributed by atoms with van der Waals surface area (Å²) in [5.41, 5.74) is 7.09. The molecule has 1 unspecified atom stereocenters. The van der Waals surface area contributed by atoms with E-state index in [1.54, 1.807) is 13.2 Å². The Morgan fingerprint density at radius 3 is 3.05 bits per heavy atom. The van der Waals surface area contributed by atoms with Gasteiger partial charge in [0.1, 0.15) is 5.75 Å². The summed E-state index contributed by atoms with van der Waals surface area (Å²) >= 11 is 0. The van der Waals surface area contributed by atoms with Crippen molar-refractivity contribution < 1.29 is 19.4 Å². The number of oxime groups is 1. The van der Waals surface area contributed by atoms with Gasteiger partial charge in [-0.3, -0.25) is 0 Å². The second-order valence-electron chi connectivity index (χ2n) is 4.32. The maximum Gasteiger partial charge on any atom is 0.173 e. The van der Waals surface area contributed by atoms with Crippen LogP contribution in [0.25, 0.3) is 0 Å². The fraction of sp³-hybridized carbons (Fsp3) is 0.462. The van der Waals surface area contributed by atoms with Crippen molar-refractivity contribution in [3.63, 3.8) is 0 Å². The monoisotopic (exact) mass is 266 g/mol. The molecule has 0 aliphatic carbocycles. The Morgan fingerprint density at radius 1 is 1.58 bits per heavy atom. The van der Waals surface area contributed by atoms with E-state index in [2.05, 4.69) is 5.16 Å². The molecular weight excluding hydrogens is 248 g/mol. The summed E-state index contributed by atoms with van der Waals surface area (Å²) in [6.07, 6.45) is 1.09. The van der Waals surface area contributed by atoms with Gasteiger partial charge < -0.3 is 25.2 Å². The molecule has 1 fully saturated rings. The van der Waals surface area contributed by atoms with E-state index in [-0.39, 0.29) is 11.9 Å². The molecule has 0 radical (unpaired) electrons. The third kappa shape index (κ3) is 3.36. The topological polar surface area (TPSA) is 86.3 Å². The summed E-state index contributed by atoms with van der Waals surface area (Å²) in [5.74, 6) is 0.576. The summed E-state index contributed by atoms with van der Waals surface area (Å²) in [5, 5.41) is 11.7. The first-order valence-corrected chi connectivity index (χ1v) is 6.08. The molecule has 1 atom stereocenters. The van der Waals surface area contributed by atoms with Crippen LogP contribution in [0.1, 0.15) is 17.5 Å². The maximum absolute atomic E-state index is 8.69. The van der Waals surface area contributed by atoms with Crippen molar-refractivity contribution in [3.05, 3.63) is 29.3 Å². The quantitative estimate of drug-likeness (QED) is 0.360. The predicted molar refractivity (Wildman–Crippen MR) is 69.5 cm³/mol. The van der Waals surface area contributed by atoms with Crippen molar-refractivity contribution in [1.29, 1.82) is 0 Å². The molecule has 1 aromatic carbocycles. The minimum atomic E-state index is 0.0218. The zero-order valence-electron chi connectivity index (χ0n) is 10.8. The van der Waals surface area contributed by atoms with Crippen LogP contribution in [0.5, 0.6) is 5.75 Å². The molecule has 1 aliphatic rings. The molecule has 1 saturated heterocycles. The van der Waals surface area contributed by atoms with Crippen LogP contribution in [0.15, 0.2) is 23.4 Å². The van der Waals surface area contributed by atoms with Crippen LogP contribution in [-0.4, -0.2) is 37.5 Å². The number of ether oxygens (including phenoxy) is 3. The minimum Gasteiger partial charge on any atom is -0.496 e. The van der Waals surface area contributed by atoms with Crippen molar-refractivity contribution in [2.75, 3.05) is 20.3 Å². The Labute approximate surface area is 111 Å². The Morgan fingerprint density at radius 2 is 2.42 bits per heavy atom. The molecule has 3 N–H and O–H groups in total. The smallest absolute Gasteiger partial charge is 0.173 e. The molecule has 0 amide bonds. The standard InChI is InChI=1S/C13H18N2O4/c1-17-12-6-9(2-3-11(12)13(14)15-16)7-19-10-4-5-18-8-10/h2-3,6,10,16H,4-5,7-8H2,1H3,(H2,14,15). The highest BCUT2D eigenvalue weighted by Gasteiger charge is 2.16. The average molecular weight is 266 g/mol. The van der Waals surface area contributed by atoms with Gasteiger partial charge in [0.2, 0.25) is 0 Å². The van der Waals surface area contributed by atoms with Crippen molar-refractivity contribution >= 4 is 5.84 Å². The highest BCUT2D eigenvalue weighted by atomic mass is 16.5. The molecule has 6 heteroatoms. The van der Waals surface area contributed by atoms with Crippen LogP contribution < -0.4 is 10.5 Å². The molecule has 0 aromatic heterocycles. The number of hydrogen-bond acceptors (Lipinski definition) is 5. The first kappa shape index (κ1) is 13.6. The summed E-state index contributed by atoms with van der Waals surface area (Å²) < 4.78 is 16.2. The molecule has 6 nitrogen and oxygen atoms in total. The molecule has 0 bridgehead atoms.